The van der Waals surface area contributed by atoms with Crippen molar-refractivity contribution in [2.45, 2.75) is 26.4 Å². The molecule has 6 nitrogen and oxygen atoms in total. The fraction of sp³-hybridized carbons (Fsp3) is 0.727. The summed E-state index contributed by atoms with van der Waals surface area (Å²) in [4.78, 5) is 13.0. The van der Waals surface area contributed by atoms with Crippen LogP contribution in [-0.2, 0) is 4.74 Å². The number of ether oxygens (including phenoxy) is 1. The average molecular weight is 238 g/mol. The van der Waals surface area contributed by atoms with Crippen molar-refractivity contribution < 1.29 is 9.53 Å². The van der Waals surface area contributed by atoms with E-state index < -0.39 is 11.7 Å². The third-order valence-corrected chi connectivity index (χ3v) is 1.68. The maximum atomic E-state index is 11.7. The lowest BCUT2D eigenvalue weighted by molar-refractivity contribution is 0.0277. The van der Waals surface area contributed by atoms with E-state index in [0.717, 1.165) is 0 Å². The van der Waals surface area contributed by atoms with Crippen LogP contribution < -0.4 is 5.32 Å². The molecule has 0 saturated heterocycles. The summed E-state index contributed by atoms with van der Waals surface area (Å²) < 4.78 is 5.15. The van der Waals surface area contributed by atoms with Crippen LogP contribution in [0.4, 0.5) is 4.79 Å². The molecule has 0 aromatic rings. The van der Waals surface area contributed by atoms with E-state index in [1.807, 2.05) is 12.1 Å². The maximum Gasteiger partial charge on any atom is 0.411 e. The van der Waals surface area contributed by atoms with Crippen LogP contribution in [0.3, 0.4) is 0 Å². The molecule has 0 fully saturated rings. The molecule has 94 valence electrons. The van der Waals surface area contributed by atoms with E-state index in [0.29, 0.717) is 13.1 Å². The first-order valence-electron chi connectivity index (χ1n) is 5.33. The van der Waals surface area contributed by atoms with Gasteiger partial charge in [-0.25, -0.2) is 4.79 Å². The first-order valence-corrected chi connectivity index (χ1v) is 5.33. The lowest BCUT2D eigenvalue weighted by Gasteiger charge is -2.25. The van der Waals surface area contributed by atoms with E-state index in [1.54, 1.807) is 20.8 Å². The SMILES string of the molecule is CC(C)(C)OC(=O)N(CC#N)CCNCC#N. The Kier molecular flexibility index (Phi) is 6.69. The molecule has 6 heteroatoms. The van der Waals surface area contributed by atoms with Gasteiger partial charge in [0.25, 0.3) is 0 Å². The molecular formula is C11H18N4O2. The van der Waals surface area contributed by atoms with Crippen molar-refractivity contribution in [1.82, 2.24) is 10.2 Å². The molecule has 0 radical (unpaired) electrons. The van der Waals surface area contributed by atoms with Gasteiger partial charge in [0, 0.05) is 13.1 Å². The van der Waals surface area contributed by atoms with Crippen molar-refractivity contribution in [2.24, 2.45) is 0 Å². The second-order valence-corrected chi connectivity index (χ2v) is 4.39. The van der Waals surface area contributed by atoms with Gasteiger partial charge in [-0.15, -0.1) is 0 Å². The van der Waals surface area contributed by atoms with Crippen molar-refractivity contribution in [2.75, 3.05) is 26.2 Å². The molecule has 0 aromatic carbocycles. The summed E-state index contributed by atoms with van der Waals surface area (Å²) in [5, 5.41) is 19.8. The molecule has 0 aliphatic carbocycles. The molecule has 0 aliphatic heterocycles. The number of carbonyl (C=O) groups excluding carboxylic acids is 1. The standard InChI is InChI=1S/C11H18N4O2/c1-11(2,3)17-10(16)15(8-5-13)9-7-14-6-4-12/h14H,6-9H2,1-3H3. The highest BCUT2D eigenvalue weighted by Gasteiger charge is 2.21. The molecule has 1 N–H and O–H groups in total. The van der Waals surface area contributed by atoms with Crippen molar-refractivity contribution >= 4 is 6.09 Å². The summed E-state index contributed by atoms with van der Waals surface area (Å²) in [6, 6.07) is 3.84. The molecule has 0 aromatic heterocycles. The predicted octanol–water partition coefficient (Wildman–Crippen LogP) is 0.860. The van der Waals surface area contributed by atoms with Crippen molar-refractivity contribution in [3.63, 3.8) is 0 Å². The topological polar surface area (TPSA) is 89.2 Å². The zero-order valence-electron chi connectivity index (χ0n) is 10.5. The Morgan fingerprint density at radius 2 is 2.00 bits per heavy atom. The van der Waals surface area contributed by atoms with Crippen LogP contribution in [0.25, 0.3) is 0 Å². The third-order valence-electron chi connectivity index (χ3n) is 1.68. The zero-order chi connectivity index (χ0) is 13.3. The van der Waals surface area contributed by atoms with Gasteiger partial charge < -0.3 is 10.1 Å². The number of rotatable bonds is 5. The van der Waals surface area contributed by atoms with Gasteiger partial charge in [0.1, 0.15) is 12.1 Å². The van der Waals surface area contributed by atoms with Gasteiger partial charge in [-0.3, -0.25) is 4.90 Å². The number of hydrogen-bond donors (Lipinski definition) is 1. The minimum Gasteiger partial charge on any atom is -0.444 e. The smallest absolute Gasteiger partial charge is 0.411 e. The summed E-state index contributed by atoms with van der Waals surface area (Å²) in [6.07, 6.45) is -0.516. The van der Waals surface area contributed by atoms with Crippen molar-refractivity contribution in [1.29, 1.82) is 10.5 Å². The van der Waals surface area contributed by atoms with E-state index in [2.05, 4.69) is 5.32 Å². The molecule has 0 saturated carbocycles. The Balaban J connectivity index is 4.19. The van der Waals surface area contributed by atoms with Crippen LogP contribution in [0, 0.1) is 22.7 Å². The Hall–Kier alpha value is -1.79. The first-order chi connectivity index (χ1) is 7.90. The molecule has 17 heavy (non-hydrogen) atoms. The minimum absolute atomic E-state index is 0.0247. The second kappa shape index (κ2) is 7.48. The Morgan fingerprint density at radius 1 is 1.35 bits per heavy atom. The molecule has 0 spiro atoms. The normalized spacial score (nSPS) is 10.2. The monoisotopic (exact) mass is 238 g/mol. The fourth-order valence-electron chi connectivity index (χ4n) is 1.01. The van der Waals surface area contributed by atoms with Gasteiger partial charge in [0.05, 0.1) is 18.7 Å². The number of nitrogens with one attached hydrogen (secondary N) is 1. The van der Waals surface area contributed by atoms with Gasteiger partial charge >= 0.3 is 6.09 Å². The number of hydrogen-bond acceptors (Lipinski definition) is 5. The largest absolute Gasteiger partial charge is 0.444 e. The van der Waals surface area contributed by atoms with E-state index >= 15 is 0 Å². The fourth-order valence-corrected chi connectivity index (χ4v) is 1.01. The quantitative estimate of drug-likeness (QED) is 0.566. The predicted molar refractivity (Wildman–Crippen MR) is 61.9 cm³/mol. The zero-order valence-corrected chi connectivity index (χ0v) is 10.5. The van der Waals surface area contributed by atoms with Gasteiger partial charge in [-0.2, -0.15) is 10.5 Å². The van der Waals surface area contributed by atoms with Gasteiger partial charge in [-0.05, 0) is 20.8 Å². The Labute approximate surface area is 102 Å². The van der Waals surface area contributed by atoms with Crippen molar-refractivity contribution in [3.8, 4) is 12.1 Å². The summed E-state index contributed by atoms with van der Waals surface area (Å²) >= 11 is 0. The molecule has 1 amide bonds. The lowest BCUT2D eigenvalue weighted by atomic mass is 10.2. The highest BCUT2D eigenvalue weighted by molar-refractivity contribution is 5.68. The second-order valence-electron chi connectivity index (χ2n) is 4.39. The van der Waals surface area contributed by atoms with Crippen LogP contribution in [0.15, 0.2) is 0 Å². The summed E-state index contributed by atoms with van der Waals surface area (Å²) in [5.41, 5.74) is -0.579. The van der Waals surface area contributed by atoms with E-state index in [1.165, 1.54) is 4.90 Å². The lowest BCUT2D eigenvalue weighted by Crippen LogP contribution is -2.40. The van der Waals surface area contributed by atoms with E-state index in [-0.39, 0.29) is 13.1 Å². The molecule has 0 atom stereocenters. The van der Waals surface area contributed by atoms with Gasteiger partial charge in [0.15, 0.2) is 0 Å². The summed E-state index contributed by atoms with van der Waals surface area (Å²) in [7, 11) is 0. The molecule has 0 aliphatic rings. The van der Waals surface area contributed by atoms with Gasteiger partial charge in [-0.1, -0.05) is 0 Å². The van der Waals surface area contributed by atoms with Crippen LogP contribution >= 0.6 is 0 Å². The van der Waals surface area contributed by atoms with E-state index in [9.17, 15) is 4.79 Å². The highest BCUT2D eigenvalue weighted by Crippen LogP contribution is 2.09. The van der Waals surface area contributed by atoms with Crippen LogP contribution in [-0.4, -0.2) is 42.8 Å². The number of amides is 1. The molecule has 0 bridgehead atoms. The van der Waals surface area contributed by atoms with Crippen LogP contribution in [0.5, 0.6) is 0 Å². The van der Waals surface area contributed by atoms with E-state index in [4.69, 9.17) is 15.3 Å². The Morgan fingerprint density at radius 3 is 2.47 bits per heavy atom. The molecule has 0 rings (SSSR count). The number of nitrogens with zero attached hydrogens (tertiary/aromatic N) is 3. The highest BCUT2D eigenvalue weighted by atomic mass is 16.6. The van der Waals surface area contributed by atoms with Crippen molar-refractivity contribution in [3.05, 3.63) is 0 Å². The van der Waals surface area contributed by atoms with Crippen LogP contribution in [0.2, 0.25) is 0 Å². The molecule has 0 unspecified atom stereocenters. The summed E-state index contributed by atoms with van der Waals surface area (Å²) in [5.74, 6) is 0. The number of carbonyl (C=O) groups is 1. The van der Waals surface area contributed by atoms with Crippen LogP contribution in [0.1, 0.15) is 20.8 Å². The average Bonchev–Trinajstić information content (AvgIpc) is 2.20. The first kappa shape index (κ1) is 15.2. The Bertz CT molecular complexity index is 322. The third kappa shape index (κ3) is 8.06. The molecule has 0 heterocycles. The van der Waals surface area contributed by atoms with Gasteiger partial charge in [0.2, 0.25) is 0 Å². The molecular weight excluding hydrogens is 220 g/mol. The summed E-state index contributed by atoms with van der Waals surface area (Å²) in [6.45, 7) is 6.28. The minimum atomic E-state index is -0.579. The number of nitriles is 2. The maximum absolute atomic E-state index is 11.7.